The van der Waals surface area contributed by atoms with Crippen LogP contribution in [0.2, 0.25) is 0 Å². The van der Waals surface area contributed by atoms with Crippen LogP contribution in [0.4, 0.5) is 0 Å². The maximum atomic E-state index is 13.2. The van der Waals surface area contributed by atoms with Crippen LogP contribution in [0.5, 0.6) is 0 Å². The first-order valence-electron chi connectivity index (χ1n) is 27.2. The monoisotopic (exact) mass is 894 g/mol. The van der Waals surface area contributed by atoms with E-state index in [1.54, 1.807) is 0 Å². The second kappa shape index (κ2) is 51.3. The molecule has 0 aliphatic rings. The molecule has 0 aromatic rings. The average Bonchev–Trinajstić information content (AvgIpc) is 3.29. The molecule has 0 saturated heterocycles. The molecule has 6 heteroatoms. The molecule has 0 saturated carbocycles. The molecule has 1 amide bonds. The van der Waals surface area contributed by atoms with Gasteiger partial charge in [-0.25, -0.2) is 0 Å². The minimum Gasteiger partial charge on any atom is -0.462 e. The molecule has 370 valence electrons. The predicted octanol–water partition coefficient (Wildman–Crippen LogP) is 16.6. The molecular formula is C58H103NO5. The first-order chi connectivity index (χ1) is 31.5. The molecule has 3 unspecified atom stereocenters. The van der Waals surface area contributed by atoms with Gasteiger partial charge in [0.1, 0.15) is 6.10 Å². The summed E-state index contributed by atoms with van der Waals surface area (Å²) in [5.41, 5.74) is 0. The highest BCUT2D eigenvalue weighted by Crippen LogP contribution is 2.17. The number of aliphatic hydroxyl groups excluding tert-OH is 2. The van der Waals surface area contributed by atoms with Crippen molar-refractivity contribution in [2.24, 2.45) is 0 Å². The van der Waals surface area contributed by atoms with Gasteiger partial charge >= 0.3 is 5.97 Å². The molecule has 3 N–H and O–H groups in total. The van der Waals surface area contributed by atoms with E-state index in [1.807, 2.05) is 0 Å². The van der Waals surface area contributed by atoms with Crippen molar-refractivity contribution in [2.45, 2.75) is 277 Å². The van der Waals surface area contributed by atoms with Crippen molar-refractivity contribution in [3.05, 3.63) is 72.9 Å². The van der Waals surface area contributed by atoms with Crippen LogP contribution in [0.3, 0.4) is 0 Å². The van der Waals surface area contributed by atoms with Crippen LogP contribution in [0.25, 0.3) is 0 Å². The van der Waals surface area contributed by atoms with Gasteiger partial charge in [0, 0.05) is 6.42 Å². The normalized spacial score (nSPS) is 13.8. The Morgan fingerprint density at radius 3 is 1.23 bits per heavy atom. The predicted molar refractivity (Wildman–Crippen MR) is 278 cm³/mol. The minimum absolute atomic E-state index is 0.0529. The summed E-state index contributed by atoms with van der Waals surface area (Å²) in [5, 5.41) is 23.8. The van der Waals surface area contributed by atoms with E-state index in [0.717, 1.165) is 96.3 Å². The van der Waals surface area contributed by atoms with Gasteiger partial charge in [-0.1, -0.05) is 216 Å². The quantitative estimate of drug-likeness (QED) is 0.0321. The fourth-order valence-electron chi connectivity index (χ4n) is 7.86. The maximum Gasteiger partial charge on any atom is 0.306 e. The highest BCUT2D eigenvalue weighted by Gasteiger charge is 2.24. The van der Waals surface area contributed by atoms with Crippen LogP contribution in [-0.2, 0) is 14.3 Å². The number of amides is 1. The van der Waals surface area contributed by atoms with E-state index in [9.17, 15) is 19.8 Å². The Labute approximate surface area is 396 Å². The van der Waals surface area contributed by atoms with Gasteiger partial charge in [0.05, 0.1) is 25.2 Å². The summed E-state index contributed by atoms with van der Waals surface area (Å²) in [5.74, 6) is -0.523. The molecule has 0 aliphatic carbocycles. The summed E-state index contributed by atoms with van der Waals surface area (Å²) in [4.78, 5) is 26.2. The van der Waals surface area contributed by atoms with E-state index in [0.29, 0.717) is 19.3 Å². The van der Waals surface area contributed by atoms with E-state index in [4.69, 9.17) is 4.74 Å². The molecule has 0 fully saturated rings. The summed E-state index contributed by atoms with van der Waals surface area (Å²) < 4.78 is 5.93. The summed E-state index contributed by atoms with van der Waals surface area (Å²) in [6.07, 6.45) is 65.3. The molecule has 0 aliphatic heterocycles. The largest absolute Gasteiger partial charge is 0.462 e. The number of unbranched alkanes of at least 4 members (excludes halogenated alkanes) is 24. The van der Waals surface area contributed by atoms with E-state index in [-0.39, 0.29) is 24.9 Å². The van der Waals surface area contributed by atoms with E-state index in [2.05, 4.69) is 99.0 Å². The smallest absolute Gasteiger partial charge is 0.306 e. The molecule has 0 rings (SSSR count). The van der Waals surface area contributed by atoms with Crippen LogP contribution in [0, 0.1) is 0 Å². The van der Waals surface area contributed by atoms with Crippen molar-refractivity contribution in [3.63, 3.8) is 0 Å². The summed E-state index contributed by atoms with van der Waals surface area (Å²) in [6, 6.07) is -0.715. The first-order valence-corrected chi connectivity index (χ1v) is 27.2. The van der Waals surface area contributed by atoms with Crippen LogP contribution >= 0.6 is 0 Å². The number of carbonyl (C=O) groups is 2. The van der Waals surface area contributed by atoms with Gasteiger partial charge in [-0.3, -0.25) is 9.59 Å². The van der Waals surface area contributed by atoms with Gasteiger partial charge in [0.2, 0.25) is 5.91 Å². The number of allylic oxidation sites excluding steroid dienone is 12. The summed E-state index contributed by atoms with van der Waals surface area (Å²) >= 11 is 0. The lowest BCUT2D eigenvalue weighted by atomic mass is 10.0. The Hall–Kier alpha value is -2.70. The van der Waals surface area contributed by atoms with Gasteiger partial charge in [0.15, 0.2) is 0 Å². The van der Waals surface area contributed by atoms with Crippen LogP contribution < -0.4 is 5.32 Å². The Balaban J connectivity index is 4.66. The fourth-order valence-corrected chi connectivity index (χ4v) is 7.86. The molecule has 6 nitrogen and oxygen atoms in total. The van der Waals surface area contributed by atoms with Crippen molar-refractivity contribution in [1.82, 2.24) is 5.32 Å². The van der Waals surface area contributed by atoms with Gasteiger partial charge in [-0.2, -0.15) is 0 Å². The number of hydrogen-bond donors (Lipinski definition) is 3. The Bertz CT molecular complexity index is 1190. The van der Waals surface area contributed by atoms with Crippen molar-refractivity contribution in [2.75, 3.05) is 6.61 Å². The standard InChI is InChI=1S/C58H103NO5/c1-4-7-10-13-16-19-22-24-26-27-28-29-31-33-36-39-42-45-48-51-58(63)64-54(49-46-43-40-37-35-32-30-25-23-20-17-14-11-8-5-2)52-57(62)59-55(53-60)56(61)50-47-44-41-38-34-21-18-15-12-9-6-3/h16-17,19-20,24-26,28-30,33,36,54-56,60-61H,4-15,18,21-23,27,31-32,34-35,37-53H2,1-3H3,(H,59,62)/b19-16-,20-17-,26-24-,29-28-,30-25-,36-33-. The second-order valence-electron chi connectivity index (χ2n) is 18.3. The number of esters is 1. The topological polar surface area (TPSA) is 95.9 Å². The molecule has 0 aromatic carbocycles. The molecule has 0 radical (unpaired) electrons. The van der Waals surface area contributed by atoms with E-state index >= 15 is 0 Å². The maximum absolute atomic E-state index is 13.2. The van der Waals surface area contributed by atoms with E-state index in [1.165, 1.54) is 116 Å². The Kier molecular flexibility index (Phi) is 49.1. The van der Waals surface area contributed by atoms with Gasteiger partial charge < -0.3 is 20.3 Å². The van der Waals surface area contributed by atoms with E-state index < -0.39 is 18.2 Å². The highest BCUT2D eigenvalue weighted by molar-refractivity contribution is 5.77. The third kappa shape index (κ3) is 45.9. The zero-order chi connectivity index (χ0) is 46.7. The molecule has 0 bridgehead atoms. The number of ether oxygens (including phenoxy) is 1. The number of rotatable bonds is 48. The molecule has 0 aromatic heterocycles. The van der Waals surface area contributed by atoms with Crippen molar-refractivity contribution < 1.29 is 24.5 Å². The zero-order valence-electron chi connectivity index (χ0n) is 42.1. The molecule has 64 heavy (non-hydrogen) atoms. The van der Waals surface area contributed by atoms with Crippen LogP contribution in [-0.4, -0.2) is 46.9 Å². The fraction of sp³-hybridized carbons (Fsp3) is 0.759. The molecular weight excluding hydrogens is 791 g/mol. The second-order valence-corrected chi connectivity index (χ2v) is 18.3. The molecule has 3 atom stereocenters. The number of hydrogen-bond acceptors (Lipinski definition) is 5. The number of aliphatic hydroxyl groups is 2. The SMILES string of the molecule is CCCCC/C=C\C/C=C\C/C=C\C/C=C\CCCCCC(=O)OC(CCCCCCC/C=C\C/C=C\CCCCC)CC(=O)NC(CO)C(O)CCCCCCCCCCCCC. The van der Waals surface area contributed by atoms with Gasteiger partial charge in [0.25, 0.3) is 0 Å². The Morgan fingerprint density at radius 1 is 0.453 bits per heavy atom. The van der Waals surface area contributed by atoms with Crippen LogP contribution in [0.15, 0.2) is 72.9 Å². The summed E-state index contributed by atoms with van der Waals surface area (Å²) in [7, 11) is 0. The Morgan fingerprint density at radius 2 is 0.797 bits per heavy atom. The van der Waals surface area contributed by atoms with Crippen molar-refractivity contribution in [1.29, 1.82) is 0 Å². The van der Waals surface area contributed by atoms with Crippen molar-refractivity contribution >= 4 is 11.9 Å². The minimum atomic E-state index is -0.800. The van der Waals surface area contributed by atoms with Crippen LogP contribution in [0.1, 0.15) is 258 Å². The number of carbonyl (C=O) groups excluding carboxylic acids is 2. The molecule has 0 heterocycles. The first kappa shape index (κ1) is 61.3. The number of nitrogens with one attached hydrogen (secondary N) is 1. The lowest BCUT2D eigenvalue weighted by molar-refractivity contribution is -0.151. The third-order valence-corrected chi connectivity index (χ3v) is 12.0. The molecule has 0 spiro atoms. The average molecular weight is 894 g/mol. The lowest BCUT2D eigenvalue weighted by Gasteiger charge is -2.24. The van der Waals surface area contributed by atoms with Gasteiger partial charge in [-0.15, -0.1) is 0 Å². The van der Waals surface area contributed by atoms with Crippen molar-refractivity contribution in [3.8, 4) is 0 Å². The lowest BCUT2D eigenvalue weighted by Crippen LogP contribution is -2.46. The highest BCUT2D eigenvalue weighted by atomic mass is 16.5. The summed E-state index contributed by atoms with van der Waals surface area (Å²) in [6.45, 7) is 6.42. The van der Waals surface area contributed by atoms with Gasteiger partial charge in [-0.05, 0) is 103 Å². The zero-order valence-corrected chi connectivity index (χ0v) is 42.1. The third-order valence-electron chi connectivity index (χ3n) is 12.0.